The van der Waals surface area contributed by atoms with Gasteiger partial charge in [0.25, 0.3) is 0 Å². The molecule has 0 aliphatic carbocycles. The highest BCUT2D eigenvalue weighted by molar-refractivity contribution is 5.86. The monoisotopic (exact) mass is 490 g/mol. The predicted octanol–water partition coefficient (Wildman–Crippen LogP) is 3.09. The first-order valence-corrected chi connectivity index (χ1v) is 11.0. The molecular formula is C23H22F4N6O2. The minimum atomic E-state index is -4.50. The van der Waals surface area contributed by atoms with Crippen molar-refractivity contribution in [3.8, 4) is 17.3 Å². The molecule has 1 aliphatic heterocycles. The van der Waals surface area contributed by atoms with Gasteiger partial charge in [0, 0.05) is 36.8 Å². The highest BCUT2D eigenvalue weighted by Crippen LogP contribution is 2.39. The van der Waals surface area contributed by atoms with Crippen LogP contribution in [0, 0.1) is 5.82 Å². The Kier molecular flexibility index (Phi) is 6.03. The number of likely N-dealkylation sites (tertiary alicyclic amines) is 1. The first-order valence-electron chi connectivity index (χ1n) is 11.0. The fourth-order valence-corrected chi connectivity index (χ4v) is 4.46. The third-order valence-electron chi connectivity index (χ3n) is 5.97. The quantitative estimate of drug-likeness (QED) is 0.401. The molecule has 2 atom stereocenters. The molecular weight excluding hydrogens is 468 g/mol. The van der Waals surface area contributed by atoms with Gasteiger partial charge in [0.1, 0.15) is 35.4 Å². The molecule has 8 nitrogen and oxygen atoms in total. The summed E-state index contributed by atoms with van der Waals surface area (Å²) in [5.74, 6) is -0.175. The smallest absolute Gasteiger partial charge is 0.408 e. The largest absolute Gasteiger partial charge is 0.489 e. The standard InChI is InChI=1S/C23H22F4N6O2/c24-15-9-13-1-3-17(29-20(13)18(10-15)35-8-7-34)22-31-30-19-4-2-14(11-33(19)22)21(23(25,26)27)32-6-5-16(28)12-32/h1-4,9-11,16,21,34H,5-8,12,28H2/t16-,21+/m0/s1. The first-order chi connectivity index (χ1) is 16.7. The second-order valence-corrected chi connectivity index (χ2v) is 8.45. The van der Waals surface area contributed by atoms with Gasteiger partial charge in [-0.05, 0) is 30.2 Å². The molecule has 0 unspecified atom stereocenters. The van der Waals surface area contributed by atoms with E-state index in [-0.39, 0.29) is 49.5 Å². The van der Waals surface area contributed by atoms with Gasteiger partial charge in [-0.1, -0.05) is 12.1 Å². The summed E-state index contributed by atoms with van der Waals surface area (Å²) in [4.78, 5) is 5.86. The average molecular weight is 490 g/mol. The summed E-state index contributed by atoms with van der Waals surface area (Å²) < 4.78 is 63.1. The Morgan fingerprint density at radius 2 is 2.00 bits per heavy atom. The van der Waals surface area contributed by atoms with Crippen molar-refractivity contribution in [2.75, 3.05) is 26.3 Å². The third-order valence-corrected chi connectivity index (χ3v) is 5.97. The van der Waals surface area contributed by atoms with Gasteiger partial charge in [-0.25, -0.2) is 9.37 Å². The maximum absolute atomic E-state index is 14.1. The number of hydrogen-bond acceptors (Lipinski definition) is 7. The van der Waals surface area contributed by atoms with E-state index in [1.165, 1.54) is 33.7 Å². The molecule has 12 heteroatoms. The second kappa shape index (κ2) is 9.02. The highest BCUT2D eigenvalue weighted by atomic mass is 19.4. The van der Waals surface area contributed by atoms with Gasteiger partial charge >= 0.3 is 6.18 Å². The number of benzene rings is 1. The maximum Gasteiger partial charge on any atom is 0.408 e. The lowest BCUT2D eigenvalue weighted by molar-refractivity contribution is -0.183. The molecule has 0 amide bonds. The lowest BCUT2D eigenvalue weighted by Gasteiger charge is -2.30. The zero-order chi connectivity index (χ0) is 24.7. The lowest BCUT2D eigenvalue weighted by Crippen LogP contribution is -2.38. The van der Waals surface area contributed by atoms with Gasteiger partial charge < -0.3 is 15.6 Å². The summed E-state index contributed by atoms with van der Waals surface area (Å²) in [6, 6.07) is 6.39. The SMILES string of the molecule is N[C@H]1CCN([C@H](c2ccc3nnc(-c4ccc5cc(F)cc(OCCO)c5n4)n3c2)C(F)(F)F)C1. The number of aliphatic hydroxyl groups excluding tert-OH is 1. The van der Waals surface area contributed by atoms with E-state index in [9.17, 15) is 17.6 Å². The number of fused-ring (bicyclic) bond motifs is 2. The number of pyridine rings is 2. The molecule has 3 N–H and O–H groups in total. The number of aromatic nitrogens is 4. The summed E-state index contributed by atoms with van der Waals surface area (Å²) >= 11 is 0. The second-order valence-electron chi connectivity index (χ2n) is 8.45. The predicted molar refractivity (Wildman–Crippen MR) is 119 cm³/mol. The number of alkyl halides is 3. The van der Waals surface area contributed by atoms with E-state index in [0.717, 1.165) is 6.07 Å². The van der Waals surface area contributed by atoms with Crippen molar-refractivity contribution < 1.29 is 27.4 Å². The van der Waals surface area contributed by atoms with Gasteiger partial charge in [-0.2, -0.15) is 13.2 Å². The number of ether oxygens (including phenoxy) is 1. The van der Waals surface area contributed by atoms with Crippen molar-refractivity contribution in [2.24, 2.45) is 5.73 Å². The van der Waals surface area contributed by atoms with E-state index in [1.807, 2.05) is 0 Å². The molecule has 4 heterocycles. The molecule has 0 bridgehead atoms. The Balaban J connectivity index is 1.60. The number of halogens is 4. The minimum Gasteiger partial charge on any atom is -0.489 e. The van der Waals surface area contributed by atoms with Gasteiger partial charge in [-0.15, -0.1) is 10.2 Å². The van der Waals surface area contributed by atoms with Crippen LogP contribution in [0.25, 0.3) is 28.1 Å². The fourth-order valence-electron chi connectivity index (χ4n) is 4.46. The zero-order valence-electron chi connectivity index (χ0n) is 18.4. The molecule has 3 aromatic heterocycles. The zero-order valence-corrected chi connectivity index (χ0v) is 18.4. The molecule has 0 saturated carbocycles. The van der Waals surface area contributed by atoms with Crippen LogP contribution in [0.2, 0.25) is 0 Å². The number of nitrogens with two attached hydrogens (primary N) is 1. The molecule has 1 aliphatic rings. The molecule has 1 fully saturated rings. The van der Waals surface area contributed by atoms with E-state index in [4.69, 9.17) is 15.6 Å². The maximum atomic E-state index is 14.1. The Bertz CT molecular complexity index is 1380. The number of aliphatic hydroxyl groups is 1. The van der Waals surface area contributed by atoms with Crippen molar-refractivity contribution in [3.05, 3.63) is 54.0 Å². The number of nitrogens with zero attached hydrogens (tertiary/aromatic N) is 5. The van der Waals surface area contributed by atoms with E-state index in [2.05, 4.69) is 15.2 Å². The highest BCUT2D eigenvalue weighted by Gasteiger charge is 2.46. The topological polar surface area (TPSA) is 102 Å². The Labute approximate surface area is 196 Å². The van der Waals surface area contributed by atoms with Crippen LogP contribution in [0.5, 0.6) is 5.75 Å². The van der Waals surface area contributed by atoms with E-state index in [1.54, 1.807) is 12.1 Å². The molecule has 1 saturated heterocycles. The molecule has 0 radical (unpaired) electrons. The van der Waals surface area contributed by atoms with Gasteiger partial charge in [0.15, 0.2) is 11.5 Å². The normalized spacial score (nSPS) is 17.9. The summed E-state index contributed by atoms with van der Waals surface area (Å²) in [5.41, 5.74) is 6.89. The van der Waals surface area contributed by atoms with Gasteiger partial charge in [-0.3, -0.25) is 9.30 Å². The summed E-state index contributed by atoms with van der Waals surface area (Å²) in [6.07, 6.45) is -2.64. The number of rotatable bonds is 6. The Morgan fingerprint density at radius 3 is 2.71 bits per heavy atom. The van der Waals surface area contributed by atoms with Crippen LogP contribution in [0.3, 0.4) is 0 Å². The van der Waals surface area contributed by atoms with Crippen LogP contribution in [-0.2, 0) is 0 Å². The van der Waals surface area contributed by atoms with Crippen molar-refractivity contribution in [1.82, 2.24) is 24.5 Å². The van der Waals surface area contributed by atoms with Crippen molar-refractivity contribution in [2.45, 2.75) is 24.7 Å². The van der Waals surface area contributed by atoms with Crippen molar-refractivity contribution >= 4 is 16.6 Å². The number of hydrogen-bond donors (Lipinski definition) is 2. The Morgan fingerprint density at radius 1 is 1.17 bits per heavy atom. The van der Waals surface area contributed by atoms with Crippen LogP contribution in [0.4, 0.5) is 17.6 Å². The Hall–Kier alpha value is -3.35. The van der Waals surface area contributed by atoms with Crippen molar-refractivity contribution in [3.63, 3.8) is 0 Å². The average Bonchev–Trinajstić information content (AvgIpc) is 3.42. The van der Waals surface area contributed by atoms with Crippen LogP contribution in [-0.4, -0.2) is 68.1 Å². The molecule has 5 rings (SSSR count). The van der Waals surface area contributed by atoms with E-state index in [0.29, 0.717) is 28.7 Å². The summed E-state index contributed by atoms with van der Waals surface area (Å²) in [7, 11) is 0. The van der Waals surface area contributed by atoms with Gasteiger partial charge in [0.05, 0.1) is 6.61 Å². The fraction of sp³-hybridized carbons (Fsp3) is 0.348. The van der Waals surface area contributed by atoms with Crippen molar-refractivity contribution in [1.29, 1.82) is 0 Å². The molecule has 1 aromatic carbocycles. The van der Waals surface area contributed by atoms with E-state index >= 15 is 0 Å². The summed E-state index contributed by atoms with van der Waals surface area (Å²) in [6.45, 7) is 0.0761. The lowest BCUT2D eigenvalue weighted by atomic mass is 10.1. The molecule has 35 heavy (non-hydrogen) atoms. The van der Waals surface area contributed by atoms with Crippen LogP contribution in [0.15, 0.2) is 42.6 Å². The van der Waals surface area contributed by atoms with E-state index < -0.39 is 18.0 Å². The first kappa shape index (κ1) is 23.4. The van der Waals surface area contributed by atoms with Crippen LogP contribution in [0.1, 0.15) is 18.0 Å². The van der Waals surface area contributed by atoms with Crippen LogP contribution < -0.4 is 10.5 Å². The molecule has 4 aromatic rings. The molecule has 0 spiro atoms. The third kappa shape index (κ3) is 4.51. The molecule has 184 valence electrons. The van der Waals surface area contributed by atoms with Gasteiger partial charge in [0.2, 0.25) is 0 Å². The summed E-state index contributed by atoms with van der Waals surface area (Å²) in [5, 5.41) is 17.7. The minimum absolute atomic E-state index is 0.0370. The van der Waals surface area contributed by atoms with Crippen LogP contribution >= 0.6 is 0 Å².